The topological polar surface area (TPSA) is 25.2 Å². The van der Waals surface area contributed by atoms with E-state index in [1.54, 1.807) is 0 Å². The first-order valence-electron chi connectivity index (χ1n) is 6.68. The van der Waals surface area contributed by atoms with Crippen LogP contribution in [0.4, 0.5) is 0 Å². The third-order valence-corrected chi connectivity index (χ3v) is 4.23. The van der Waals surface area contributed by atoms with Crippen LogP contribution < -0.4 is 5.32 Å². The Morgan fingerprint density at radius 2 is 2.05 bits per heavy atom. The first-order chi connectivity index (χ1) is 9.10. The minimum Gasteiger partial charge on any atom is -0.460 e. The van der Waals surface area contributed by atoms with Gasteiger partial charge in [-0.15, -0.1) is 0 Å². The highest BCUT2D eigenvalue weighted by molar-refractivity contribution is 9.10. The van der Waals surface area contributed by atoms with Crippen LogP contribution in [-0.2, 0) is 6.54 Å². The molecule has 0 saturated carbocycles. The van der Waals surface area contributed by atoms with Gasteiger partial charge in [-0.1, -0.05) is 28.9 Å². The molecule has 2 nitrogen and oxygen atoms in total. The molecule has 1 aromatic heterocycles. The lowest BCUT2D eigenvalue weighted by Gasteiger charge is -2.09. The molecule has 3 heteroatoms. The monoisotopic (exact) mass is 321 g/mol. The molecule has 0 spiro atoms. The van der Waals surface area contributed by atoms with E-state index in [2.05, 4.69) is 60.2 Å². The molecule has 1 heterocycles. The van der Waals surface area contributed by atoms with Crippen LogP contribution in [0.3, 0.4) is 0 Å². The smallest absolute Gasteiger partial charge is 0.134 e. The molecule has 0 radical (unpaired) electrons. The summed E-state index contributed by atoms with van der Waals surface area (Å²) in [5.74, 6) is 1.91. The van der Waals surface area contributed by atoms with Gasteiger partial charge in [0.05, 0.1) is 6.54 Å². The number of hydrogen-bond donors (Lipinski definition) is 1. The van der Waals surface area contributed by atoms with Crippen LogP contribution in [0, 0.1) is 6.92 Å². The first-order valence-corrected chi connectivity index (χ1v) is 7.48. The fourth-order valence-electron chi connectivity index (χ4n) is 1.85. The number of hydrogen-bond acceptors (Lipinski definition) is 2. The summed E-state index contributed by atoms with van der Waals surface area (Å²) in [6, 6.07) is 10.9. The lowest BCUT2D eigenvalue weighted by atomic mass is 10.1. The van der Waals surface area contributed by atoms with Gasteiger partial charge in [0.25, 0.3) is 0 Å². The molecule has 19 heavy (non-hydrogen) atoms. The summed E-state index contributed by atoms with van der Waals surface area (Å²) in [6.45, 7) is 7.23. The normalized spacial score (nSPS) is 12.6. The maximum atomic E-state index is 5.88. The van der Waals surface area contributed by atoms with E-state index in [-0.39, 0.29) is 0 Å². The van der Waals surface area contributed by atoms with Gasteiger partial charge in [0, 0.05) is 16.1 Å². The largest absolute Gasteiger partial charge is 0.460 e. The van der Waals surface area contributed by atoms with E-state index in [1.807, 2.05) is 12.1 Å². The van der Waals surface area contributed by atoms with E-state index in [0.29, 0.717) is 6.04 Å². The molecule has 1 atom stereocenters. The zero-order valence-electron chi connectivity index (χ0n) is 11.7. The van der Waals surface area contributed by atoms with E-state index in [4.69, 9.17) is 4.42 Å². The number of halogens is 1. The average Bonchev–Trinajstić information content (AvgIpc) is 2.88. The molecular weight excluding hydrogens is 302 g/mol. The number of aryl methyl sites for hydroxylation is 1. The predicted octanol–water partition coefficient (Wildman–Crippen LogP) is 4.91. The van der Waals surface area contributed by atoms with Crippen LogP contribution in [0.25, 0.3) is 11.3 Å². The second-order valence-electron chi connectivity index (χ2n) is 4.92. The third-order valence-electron chi connectivity index (χ3n) is 3.34. The summed E-state index contributed by atoms with van der Waals surface area (Å²) in [5.41, 5.74) is 2.34. The van der Waals surface area contributed by atoms with Crippen molar-refractivity contribution in [2.24, 2.45) is 0 Å². The molecule has 0 unspecified atom stereocenters. The third kappa shape index (κ3) is 3.71. The first kappa shape index (κ1) is 14.4. The zero-order valence-corrected chi connectivity index (χ0v) is 13.3. The molecule has 0 bridgehead atoms. The Labute approximate surface area is 123 Å². The van der Waals surface area contributed by atoms with Crippen molar-refractivity contribution in [2.75, 3.05) is 0 Å². The minimum absolute atomic E-state index is 0.517. The van der Waals surface area contributed by atoms with Crippen LogP contribution in [-0.4, -0.2) is 6.04 Å². The molecule has 2 aromatic rings. The van der Waals surface area contributed by atoms with Gasteiger partial charge in [0.1, 0.15) is 11.5 Å². The van der Waals surface area contributed by atoms with E-state index < -0.39 is 0 Å². The van der Waals surface area contributed by atoms with Crippen LogP contribution in [0.5, 0.6) is 0 Å². The van der Waals surface area contributed by atoms with E-state index in [0.717, 1.165) is 34.5 Å². The quantitative estimate of drug-likeness (QED) is 0.846. The Morgan fingerprint density at radius 1 is 1.26 bits per heavy atom. The molecule has 102 valence electrons. The highest BCUT2D eigenvalue weighted by Crippen LogP contribution is 2.26. The van der Waals surface area contributed by atoms with E-state index in [9.17, 15) is 0 Å². The highest BCUT2D eigenvalue weighted by atomic mass is 79.9. The van der Waals surface area contributed by atoms with Crippen molar-refractivity contribution >= 4 is 15.9 Å². The van der Waals surface area contributed by atoms with Crippen molar-refractivity contribution in [3.05, 3.63) is 46.1 Å². The van der Waals surface area contributed by atoms with E-state index in [1.165, 1.54) is 5.56 Å². The predicted molar refractivity (Wildman–Crippen MR) is 83.2 cm³/mol. The Hall–Kier alpha value is -1.06. The van der Waals surface area contributed by atoms with Gasteiger partial charge < -0.3 is 9.73 Å². The summed E-state index contributed by atoms with van der Waals surface area (Å²) >= 11 is 3.52. The van der Waals surface area contributed by atoms with Gasteiger partial charge in [-0.2, -0.15) is 0 Å². The molecule has 0 amide bonds. The van der Waals surface area contributed by atoms with Crippen LogP contribution >= 0.6 is 15.9 Å². The lowest BCUT2D eigenvalue weighted by Crippen LogP contribution is -2.24. The van der Waals surface area contributed by atoms with Gasteiger partial charge >= 0.3 is 0 Å². The van der Waals surface area contributed by atoms with Crippen molar-refractivity contribution in [1.82, 2.24) is 5.32 Å². The minimum atomic E-state index is 0.517. The maximum absolute atomic E-state index is 5.88. The van der Waals surface area contributed by atoms with Crippen molar-refractivity contribution in [2.45, 2.75) is 39.8 Å². The van der Waals surface area contributed by atoms with E-state index >= 15 is 0 Å². The number of rotatable bonds is 5. The molecule has 1 aromatic carbocycles. The fourth-order valence-corrected chi connectivity index (χ4v) is 2.09. The Kier molecular flexibility index (Phi) is 4.83. The molecule has 0 aliphatic carbocycles. The lowest BCUT2D eigenvalue weighted by molar-refractivity contribution is 0.457. The molecule has 0 aliphatic heterocycles. The van der Waals surface area contributed by atoms with Crippen LogP contribution in [0.1, 0.15) is 31.6 Å². The molecule has 0 fully saturated rings. The van der Waals surface area contributed by atoms with Crippen molar-refractivity contribution < 1.29 is 4.42 Å². The number of nitrogens with one attached hydrogen (secondary N) is 1. The highest BCUT2D eigenvalue weighted by Gasteiger charge is 2.07. The molecule has 0 aliphatic rings. The van der Waals surface area contributed by atoms with Crippen molar-refractivity contribution in [3.8, 4) is 11.3 Å². The average molecular weight is 322 g/mol. The Bertz CT molecular complexity index is 547. The summed E-state index contributed by atoms with van der Waals surface area (Å²) in [6.07, 6.45) is 1.12. The summed E-state index contributed by atoms with van der Waals surface area (Å²) in [5, 5.41) is 3.43. The second-order valence-corrected chi connectivity index (χ2v) is 5.77. The van der Waals surface area contributed by atoms with Gasteiger partial charge in [-0.25, -0.2) is 0 Å². The molecule has 2 rings (SSSR count). The van der Waals surface area contributed by atoms with Crippen molar-refractivity contribution in [3.63, 3.8) is 0 Å². The zero-order chi connectivity index (χ0) is 13.8. The van der Waals surface area contributed by atoms with Gasteiger partial charge in [0.2, 0.25) is 0 Å². The van der Waals surface area contributed by atoms with Gasteiger partial charge in [-0.05, 0) is 50.1 Å². The van der Waals surface area contributed by atoms with Gasteiger partial charge in [0.15, 0.2) is 0 Å². The number of furan rings is 1. The van der Waals surface area contributed by atoms with Gasteiger partial charge in [-0.3, -0.25) is 0 Å². The second kappa shape index (κ2) is 6.40. The Balaban J connectivity index is 2.09. The maximum Gasteiger partial charge on any atom is 0.134 e. The summed E-state index contributed by atoms with van der Waals surface area (Å²) in [7, 11) is 0. The molecule has 1 N–H and O–H groups in total. The summed E-state index contributed by atoms with van der Waals surface area (Å²) < 4.78 is 7.01. The molecule has 0 saturated heterocycles. The van der Waals surface area contributed by atoms with Crippen LogP contribution in [0.15, 0.2) is 39.2 Å². The molecular formula is C16H20BrNO. The standard InChI is InChI=1S/C16H20BrNO/c1-4-12(3)18-10-14-6-8-16(19-14)13-5-7-15(17)11(2)9-13/h5-9,12,18H,4,10H2,1-3H3/t12-/m1/s1. The fraction of sp³-hybridized carbons (Fsp3) is 0.375. The van der Waals surface area contributed by atoms with Crippen molar-refractivity contribution in [1.29, 1.82) is 0 Å². The SMILES string of the molecule is CC[C@@H](C)NCc1ccc(-c2ccc(Br)c(C)c2)o1. The van der Waals surface area contributed by atoms with Crippen LogP contribution in [0.2, 0.25) is 0 Å². The Morgan fingerprint density at radius 3 is 2.74 bits per heavy atom. The summed E-state index contributed by atoms with van der Waals surface area (Å²) in [4.78, 5) is 0. The number of benzene rings is 1.